The molecule has 0 saturated carbocycles. The molecule has 0 aromatic heterocycles. The van der Waals surface area contributed by atoms with Crippen molar-refractivity contribution in [2.75, 3.05) is 19.7 Å². The number of halogens is 3. The van der Waals surface area contributed by atoms with Gasteiger partial charge in [0.15, 0.2) is 17.4 Å². The Balaban J connectivity index is 2.23. The fourth-order valence-electron chi connectivity index (χ4n) is 2.26. The number of carbonyl (C=O) groups is 1. The van der Waals surface area contributed by atoms with Gasteiger partial charge in [-0.3, -0.25) is 4.79 Å². The number of benzene rings is 2. The van der Waals surface area contributed by atoms with E-state index in [-0.39, 0.29) is 19.7 Å². The van der Waals surface area contributed by atoms with Crippen molar-refractivity contribution in [1.82, 2.24) is 4.90 Å². The number of hydrogen-bond donors (Lipinski definition) is 2. The lowest BCUT2D eigenvalue weighted by Gasteiger charge is -2.22. The normalized spacial score (nSPS) is 10.7. The van der Waals surface area contributed by atoms with Gasteiger partial charge < -0.3 is 15.1 Å². The van der Waals surface area contributed by atoms with Crippen LogP contribution in [0.3, 0.4) is 0 Å². The second-order valence-corrected chi connectivity index (χ2v) is 5.13. The first kappa shape index (κ1) is 17.8. The maximum atomic E-state index is 13.9. The van der Waals surface area contributed by atoms with Crippen molar-refractivity contribution in [2.45, 2.75) is 6.42 Å². The third-order valence-corrected chi connectivity index (χ3v) is 3.53. The molecular formula is C17H16F3NO3. The monoisotopic (exact) mass is 339 g/mol. The molecule has 128 valence electrons. The van der Waals surface area contributed by atoms with Crippen LogP contribution in [-0.2, 0) is 6.42 Å². The van der Waals surface area contributed by atoms with Gasteiger partial charge in [-0.1, -0.05) is 30.3 Å². The van der Waals surface area contributed by atoms with Crippen molar-refractivity contribution in [2.24, 2.45) is 0 Å². The molecule has 0 aliphatic rings. The molecule has 0 fully saturated rings. The number of phenolic OH excluding ortho intramolecular Hbond substituents is 1. The zero-order valence-electron chi connectivity index (χ0n) is 12.7. The molecule has 2 rings (SSSR count). The minimum Gasteiger partial charge on any atom is -0.503 e. The van der Waals surface area contributed by atoms with Crippen molar-refractivity contribution >= 4 is 5.91 Å². The van der Waals surface area contributed by atoms with Gasteiger partial charge in [-0.25, -0.2) is 8.78 Å². The molecule has 2 aromatic carbocycles. The first-order valence-corrected chi connectivity index (χ1v) is 7.26. The highest BCUT2D eigenvalue weighted by Gasteiger charge is 2.25. The summed E-state index contributed by atoms with van der Waals surface area (Å²) in [6, 6.07) is 9.55. The van der Waals surface area contributed by atoms with E-state index in [1.165, 1.54) is 0 Å². The van der Waals surface area contributed by atoms with E-state index in [4.69, 9.17) is 5.11 Å². The number of hydrogen-bond acceptors (Lipinski definition) is 3. The average molecular weight is 339 g/mol. The third-order valence-electron chi connectivity index (χ3n) is 3.53. The molecule has 7 heteroatoms. The first-order valence-electron chi connectivity index (χ1n) is 7.26. The van der Waals surface area contributed by atoms with Gasteiger partial charge in [0.25, 0.3) is 5.91 Å². The highest BCUT2D eigenvalue weighted by molar-refractivity contribution is 5.95. The molecular weight excluding hydrogens is 323 g/mol. The van der Waals surface area contributed by atoms with E-state index < -0.39 is 34.7 Å². The summed E-state index contributed by atoms with van der Waals surface area (Å²) in [6.07, 6.45) is 0.434. The number of carbonyl (C=O) groups excluding carboxylic acids is 1. The Morgan fingerprint density at radius 2 is 1.71 bits per heavy atom. The van der Waals surface area contributed by atoms with Crippen molar-refractivity contribution in [3.8, 4) is 5.75 Å². The van der Waals surface area contributed by atoms with Crippen LogP contribution < -0.4 is 0 Å². The molecule has 4 nitrogen and oxygen atoms in total. The predicted molar refractivity (Wildman–Crippen MR) is 81.1 cm³/mol. The van der Waals surface area contributed by atoms with Gasteiger partial charge in [0.05, 0.1) is 12.2 Å². The second kappa shape index (κ2) is 7.83. The first-order chi connectivity index (χ1) is 11.5. The third kappa shape index (κ3) is 3.86. The van der Waals surface area contributed by atoms with Crippen molar-refractivity contribution in [3.05, 3.63) is 65.0 Å². The number of aliphatic hydroxyl groups is 1. The molecule has 0 aliphatic carbocycles. The summed E-state index contributed by atoms with van der Waals surface area (Å²) in [7, 11) is 0. The Morgan fingerprint density at radius 1 is 1.04 bits per heavy atom. The number of amides is 1. The number of rotatable bonds is 6. The topological polar surface area (TPSA) is 60.8 Å². The fourth-order valence-corrected chi connectivity index (χ4v) is 2.26. The number of aliphatic hydroxyl groups excluding tert-OH is 1. The van der Waals surface area contributed by atoms with E-state index in [0.717, 1.165) is 10.5 Å². The van der Waals surface area contributed by atoms with E-state index in [1.807, 2.05) is 30.3 Å². The Morgan fingerprint density at radius 3 is 2.33 bits per heavy atom. The summed E-state index contributed by atoms with van der Waals surface area (Å²) >= 11 is 0. The van der Waals surface area contributed by atoms with Crippen molar-refractivity contribution < 1.29 is 28.2 Å². The summed E-state index contributed by atoms with van der Waals surface area (Å²) in [4.78, 5) is 13.5. The Labute approximate surface area is 136 Å². The van der Waals surface area contributed by atoms with Gasteiger partial charge in [-0.2, -0.15) is 4.39 Å². The molecule has 24 heavy (non-hydrogen) atoms. The maximum Gasteiger partial charge on any atom is 0.257 e. The number of phenols is 1. The zero-order chi connectivity index (χ0) is 17.7. The summed E-state index contributed by atoms with van der Waals surface area (Å²) in [5, 5.41) is 18.3. The van der Waals surface area contributed by atoms with E-state index in [2.05, 4.69) is 0 Å². The fraction of sp³-hybridized carbons (Fsp3) is 0.235. The van der Waals surface area contributed by atoms with Gasteiger partial charge in [-0.05, 0) is 18.1 Å². The number of aromatic hydroxyl groups is 1. The second-order valence-electron chi connectivity index (χ2n) is 5.13. The van der Waals surface area contributed by atoms with Gasteiger partial charge in [0, 0.05) is 13.1 Å². The smallest absolute Gasteiger partial charge is 0.257 e. The molecule has 0 spiro atoms. The average Bonchev–Trinajstić information content (AvgIpc) is 2.60. The summed E-state index contributed by atoms with van der Waals surface area (Å²) in [5.41, 5.74) is 0.134. The summed E-state index contributed by atoms with van der Waals surface area (Å²) in [5.74, 6) is -7.27. The maximum absolute atomic E-state index is 13.9. The number of nitrogens with zero attached hydrogens (tertiary/aromatic N) is 1. The van der Waals surface area contributed by atoms with E-state index >= 15 is 0 Å². The predicted octanol–water partition coefficient (Wildman–Crippen LogP) is 2.49. The van der Waals surface area contributed by atoms with Crippen LogP contribution in [0, 0.1) is 17.5 Å². The van der Waals surface area contributed by atoms with Gasteiger partial charge in [-0.15, -0.1) is 0 Å². The van der Waals surface area contributed by atoms with Gasteiger partial charge in [0.2, 0.25) is 5.82 Å². The lowest BCUT2D eigenvalue weighted by molar-refractivity contribution is 0.0717. The minimum atomic E-state index is -1.75. The largest absolute Gasteiger partial charge is 0.503 e. The highest BCUT2D eigenvalue weighted by atomic mass is 19.2. The van der Waals surface area contributed by atoms with Gasteiger partial charge in [0.1, 0.15) is 0 Å². The van der Waals surface area contributed by atoms with E-state index in [1.54, 1.807) is 0 Å². The lowest BCUT2D eigenvalue weighted by Crippen LogP contribution is -2.36. The Hall–Kier alpha value is -2.54. The van der Waals surface area contributed by atoms with Crippen molar-refractivity contribution in [1.29, 1.82) is 0 Å². The summed E-state index contributed by atoms with van der Waals surface area (Å²) < 4.78 is 40.4. The Bertz CT molecular complexity index is 723. The van der Waals surface area contributed by atoms with Crippen molar-refractivity contribution in [3.63, 3.8) is 0 Å². The van der Waals surface area contributed by atoms with E-state index in [9.17, 15) is 23.1 Å². The van der Waals surface area contributed by atoms with Gasteiger partial charge >= 0.3 is 0 Å². The highest BCUT2D eigenvalue weighted by Crippen LogP contribution is 2.26. The lowest BCUT2D eigenvalue weighted by atomic mass is 10.1. The minimum absolute atomic E-state index is 0.106. The molecule has 2 aromatic rings. The van der Waals surface area contributed by atoms with Crippen LogP contribution in [-0.4, -0.2) is 40.7 Å². The van der Waals surface area contributed by atoms with Crippen LogP contribution in [0.2, 0.25) is 0 Å². The molecule has 0 atom stereocenters. The molecule has 1 amide bonds. The van der Waals surface area contributed by atoms with Crippen LogP contribution in [0.5, 0.6) is 5.75 Å². The van der Waals surface area contributed by atoms with Crippen LogP contribution in [0.1, 0.15) is 15.9 Å². The molecule has 2 N–H and O–H groups in total. The molecule has 0 saturated heterocycles. The standard InChI is InChI=1S/C17H16F3NO3/c18-13-10-12(14(19)16(23)15(13)20)17(24)21(8-9-22)7-6-11-4-2-1-3-5-11/h1-5,10,22-23H,6-9H2. The van der Waals surface area contributed by atoms with Crippen LogP contribution in [0.25, 0.3) is 0 Å². The SMILES string of the molecule is O=C(c1cc(F)c(F)c(O)c1F)N(CCO)CCc1ccccc1. The summed E-state index contributed by atoms with van der Waals surface area (Å²) in [6.45, 7) is -0.342. The van der Waals surface area contributed by atoms with Crippen LogP contribution in [0.15, 0.2) is 36.4 Å². The van der Waals surface area contributed by atoms with E-state index in [0.29, 0.717) is 12.5 Å². The van der Waals surface area contributed by atoms with Crippen LogP contribution >= 0.6 is 0 Å². The Kier molecular flexibility index (Phi) is 5.81. The molecule has 0 bridgehead atoms. The molecule has 0 radical (unpaired) electrons. The molecule has 0 heterocycles. The zero-order valence-corrected chi connectivity index (χ0v) is 12.7. The molecule has 0 unspecified atom stereocenters. The van der Waals surface area contributed by atoms with Crippen LogP contribution in [0.4, 0.5) is 13.2 Å². The quantitative estimate of drug-likeness (QED) is 0.795. The molecule has 0 aliphatic heterocycles.